The molecule has 0 spiro atoms. The number of ether oxygens (including phenoxy) is 1. The highest BCUT2D eigenvalue weighted by molar-refractivity contribution is 9.10. The van der Waals surface area contributed by atoms with Crippen LogP contribution in [0, 0.1) is 11.2 Å². The highest BCUT2D eigenvalue weighted by Crippen LogP contribution is 2.30. The molecular weight excluding hydrogens is 309 g/mol. The van der Waals surface area contributed by atoms with Crippen LogP contribution >= 0.6 is 15.9 Å². The lowest BCUT2D eigenvalue weighted by molar-refractivity contribution is -0.0565. The van der Waals surface area contributed by atoms with E-state index in [0.29, 0.717) is 12.1 Å². The fourth-order valence-corrected chi connectivity index (χ4v) is 2.79. The van der Waals surface area contributed by atoms with Crippen molar-refractivity contribution in [2.45, 2.75) is 39.4 Å². The molecule has 2 unspecified atom stereocenters. The maximum Gasteiger partial charge on any atom is 0.130 e. The highest BCUT2D eigenvalue weighted by atomic mass is 79.9. The number of halogens is 2. The largest absolute Gasteiger partial charge is 0.368 e. The third-order valence-electron chi connectivity index (χ3n) is 3.21. The molecule has 0 saturated carbocycles. The van der Waals surface area contributed by atoms with E-state index in [1.54, 1.807) is 6.07 Å². The Kier molecular flexibility index (Phi) is 4.64. The zero-order valence-corrected chi connectivity index (χ0v) is 13.3. The van der Waals surface area contributed by atoms with Crippen LogP contribution in [-0.4, -0.2) is 19.2 Å². The van der Waals surface area contributed by atoms with Crippen LogP contribution < -0.4 is 5.32 Å². The Morgan fingerprint density at radius 1 is 1.37 bits per heavy atom. The van der Waals surface area contributed by atoms with E-state index in [2.05, 4.69) is 42.0 Å². The zero-order chi connectivity index (χ0) is 14.0. The minimum Gasteiger partial charge on any atom is -0.368 e. The van der Waals surface area contributed by atoms with E-state index in [0.717, 1.165) is 17.4 Å². The Bertz CT molecular complexity index is 444. The summed E-state index contributed by atoms with van der Waals surface area (Å²) in [5, 5.41) is 3.34. The molecule has 106 valence electrons. The summed E-state index contributed by atoms with van der Waals surface area (Å²) >= 11 is 3.28. The quantitative estimate of drug-likeness (QED) is 0.883. The summed E-state index contributed by atoms with van der Waals surface area (Å²) in [6.45, 7) is 8.09. The third kappa shape index (κ3) is 4.26. The molecule has 0 amide bonds. The molecule has 1 aromatic rings. The molecule has 1 N–H and O–H groups in total. The summed E-state index contributed by atoms with van der Waals surface area (Å²) in [5.74, 6) is -0.211. The van der Waals surface area contributed by atoms with Crippen molar-refractivity contribution in [3.05, 3.63) is 34.1 Å². The standard InChI is InChI=1S/C15H21BrFNO/c1-15(2,3)7-11-8-18-9-14(19-11)12-5-4-10(16)6-13(12)17/h4-6,11,14,18H,7-9H2,1-3H3. The second-order valence-electron chi connectivity index (χ2n) is 6.34. The van der Waals surface area contributed by atoms with Gasteiger partial charge in [-0.05, 0) is 24.0 Å². The highest BCUT2D eigenvalue weighted by Gasteiger charge is 2.28. The minimum absolute atomic E-state index is 0.141. The van der Waals surface area contributed by atoms with Crippen molar-refractivity contribution in [1.29, 1.82) is 0 Å². The lowest BCUT2D eigenvalue weighted by Gasteiger charge is -2.34. The molecule has 1 aliphatic rings. The van der Waals surface area contributed by atoms with Gasteiger partial charge in [-0.2, -0.15) is 0 Å². The van der Waals surface area contributed by atoms with E-state index in [1.165, 1.54) is 6.07 Å². The summed E-state index contributed by atoms with van der Waals surface area (Å²) in [4.78, 5) is 0. The summed E-state index contributed by atoms with van der Waals surface area (Å²) < 4.78 is 20.8. The number of hydrogen-bond acceptors (Lipinski definition) is 2. The minimum atomic E-state index is -0.211. The monoisotopic (exact) mass is 329 g/mol. The molecule has 1 heterocycles. The lowest BCUT2D eigenvalue weighted by Crippen LogP contribution is -2.42. The van der Waals surface area contributed by atoms with Gasteiger partial charge in [-0.3, -0.25) is 0 Å². The van der Waals surface area contributed by atoms with Crippen LogP contribution in [0.3, 0.4) is 0 Å². The van der Waals surface area contributed by atoms with Crippen LogP contribution in [0.4, 0.5) is 4.39 Å². The molecule has 1 aliphatic heterocycles. The van der Waals surface area contributed by atoms with Crippen molar-refractivity contribution in [2.75, 3.05) is 13.1 Å². The first-order valence-electron chi connectivity index (χ1n) is 6.66. The predicted molar refractivity (Wildman–Crippen MR) is 78.7 cm³/mol. The maximum absolute atomic E-state index is 14.0. The normalized spacial score (nSPS) is 24.5. The molecular formula is C15H21BrFNO. The molecule has 2 atom stereocenters. The molecule has 0 radical (unpaired) electrons. The zero-order valence-electron chi connectivity index (χ0n) is 11.7. The van der Waals surface area contributed by atoms with Crippen molar-refractivity contribution in [3.63, 3.8) is 0 Å². The molecule has 1 aromatic carbocycles. The van der Waals surface area contributed by atoms with Gasteiger partial charge in [-0.1, -0.05) is 42.8 Å². The molecule has 1 fully saturated rings. The van der Waals surface area contributed by atoms with Crippen molar-refractivity contribution >= 4 is 15.9 Å². The molecule has 0 bridgehead atoms. The van der Waals surface area contributed by atoms with Crippen molar-refractivity contribution < 1.29 is 9.13 Å². The second-order valence-corrected chi connectivity index (χ2v) is 7.25. The van der Waals surface area contributed by atoms with Gasteiger partial charge in [0.1, 0.15) is 5.82 Å². The Balaban J connectivity index is 2.08. The van der Waals surface area contributed by atoms with E-state index in [-0.39, 0.29) is 23.4 Å². The SMILES string of the molecule is CC(C)(C)CC1CNCC(c2ccc(Br)cc2F)O1. The third-order valence-corrected chi connectivity index (χ3v) is 3.70. The summed E-state index contributed by atoms with van der Waals surface area (Å²) in [6, 6.07) is 5.15. The van der Waals surface area contributed by atoms with Gasteiger partial charge < -0.3 is 10.1 Å². The summed E-state index contributed by atoms with van der Waals surface area (Å²) in [5.41, 5.74) is 0.848. The fourth-order valence-electron chi connectivity index (χ4n) is 2.45. The van der Waals surface area contributed by atoms with Crippen LogP contribution in [-0.2, 0) is 4.74 Å². The maximum atomic E-state index is 14.0. The summed E-state index contributed by atoms with van der Waals surface area (Å²) in [7, 11) is 0. The fraction of sp³-hybridized carbons (Fsp3) is 0.600. The Hall–Kier alpha value is -0.450. The van der Waals surface area contributed by atoms with E-state index >= 15 is 0 Å². The van der Waals surface area contributed by atoms with Crippen molar-refractivity contribution in [3.8, 4) is 0 Å². The van der Waals surface area contributed by atoms with E-state index < -0.39 is 0 Å². The molecule has 0 aromatic heterocycles. The second kappa shape index (κ2) is 5.90. The molecule has 0 aliphatic carbocycles. The topological polar surface area (TPSA) is 21.3 Å². The van der Waals surface area contributed by atoms with E-state index in [9.17, 15) is 4.39 Å². The molecule has 4 heteroatoms. The van der Waals surface area contributed by atoms with Gasteiger partial charge in [-0.25, -0.2) is 4.39 Å². The van der Waals surface area contributed by atoms with Gasteiger partial charge in [-0.15, -0.1) is 0 Å². The average molecular weight is 330 g/mol. The van der Waals surface area contributed by atoms with Gasteiger partial charge in [0.05, 0.1) is 12.2 Å². The number of rotatable bonds is 2. The first kappa shape index (κ1) is 14.9. The average Bonchev–Trinajstić information content (AvgIpc) is 2.26. The van der Waals surface area contributed by atoms with Gasteiger partial charge in [0.2, 0.25) is 0 Å². The van der Waals surface area contributed by atoms with Crippen LogP contribution in [0.2, 0.25) is 0 Å². The number of hydrogen-bond donors (Lipinski definition) is 1. The number of nitrogens with one attached hydrogen (secondary N) is 1. The Labute approximate surface area is 122 Å². The van der Waals surface area contributed by atoms with Crippen molar-refractivity contribution in [1.82, 2.24) is 5.32 Å². The van der Waals surface area contributed by atoms with Gasteiger partial charge >= 0.3 is 0 Å². The lowest BCUT2D eigenvalue weighted by atomic mass is 9.88. The molecule has 1 saturated heterocycles. The van der Waals surface area contributed by atoms with Gasteiger partial charge in [0.25, 0.3) is 0 Å². The molecule has 2 nitrogen and oxygen atoms in total. The Morgan fingerprint density at radius 3 is 2.74 bits per heavy atom. The van der Waals surface area contributed by atoms with E-state index in [4.69, 9.17) is 4.74 Å². The van der Waals surface area contributed by atoms with Gasteiger partial charge in [0, 0.05) is 23.1 Å². The first-order chi connectivity index (χ1) is 8.85. The smallest absolute Gasteiger partial charge is 0.130 e. The van der Waals surface area contributed by atoms with E-state index in [1.807, 2.05) is 6.07 Å². The van der Waals surface area contributed by atoms with Crippen LogP contribution in [0.25, 0.3) is 0 Å². The predicted octanol–water partition coefficient (Wildman–Crippen LogP) is 4.05. The van der Waals surface area contributed by atoms with Crippen LogP contribution in [0.5, 0.6) is 0 Å². The summed E-state index contributed by atoms with van der Waals surface area (Å²) in [6.07, 6.45) is 0.908. The molecule has 2 rings (SSSR count). The Morgan fingerprint density at radius 2 is 2.11 bits per heavy atom. The number of benzene rings is 1. The van der Waals surface area contributed by atoms with Crippen LogP contribution in [0.1, 0.15) is 38.9 Å². The first-order valence-corrected chi connectivity index (χ1v) is 7.45. The molecule has 19 heavy (non-hydrogen) atoms. The van der Waals surface area contributed by atoms with Gasteiger partial charge in [0.15, 0.2) is 0 Å². The van der Waals surface area contributed by atoms with Crippen molar-refractivity contribution in [2.24, 2.45) is 5.41 Å². The number of morpholine rings is 1. The van der Waals surface area contributed by atoms with Crippen LogP contribution in [0.15, 0.2) is 22.7 Å².